The van der Waals surface area contributed by atoms with Crippen molar-refractivity contribution >= 4 is 12.1 Å². The highest BCUT2D eigenvalue weighted by Crippen LogP contribution is 2.12. The summed E-state index contributed by atoms with van der Waals surface area (Å²) in [5, 5.41) is 7.00. The molecule has 0 heterocycles. The predicted octanol–water partition coefficient (Wildman–Crippen LogP) is 0.906. The summed E-state index contributed by atoms with van der Waals surface area (Å²) in [5.74, 6) is -0.610. The van der Waals surface area contributed by atoms with Crippen LogP contribution in [0.2, 0.25) is 0 Å². The van der Waals surface area contributed by atoms with Crippen molar-refractivity contribution < 1.29 is 9.53 Å². The van der Waals surface area contributed by atoms with E-state index in [0.717, 1.165) is 6.21 Å². The van der Waals surface area contributed by atoms with Crippen LogP contribution in [0.5, 0.6) is 0 Å². The van der Waals surface area contributed by atoms with Gasteiger partial charge in [0.05, 0.1) is 0 Å². The zero-order chi connectivity index (χ0) is 10.6. The average molecular weight is 192 g/mol. The van der Waals surface area contributed by atoms with Gasteiger partial charge < -0.3 is 15.9 Å². The molecule has 3 N–H and O–H groups in total. The van der Waals surface area contributed by atoms with Gasteiger partial charge in [-0.2, -0.15) is 0 Å². The molecule has 0 fully saturated rings. The third-order valence-electron chi connectivity index (χ3n) is 1.77. The molecule has 0 aliphatic heterocycles. The van der Waals surface area contributed by atoms with Gasteiger partial charge in [-0.25, -0.2) is 0 Å². The van der Waals surface area contributed by atoms with Gasteiger partial charge in [0.15, 0.2) is 5.76 Å². The van der Waals surface area contributed by atoms with E-state index in [4.69, 9.17) is 15.9 Å². The molecule has 0 aromatic heterocycles. The van der Waals surface area contributed by atoms with Gasteiger partial charge in [0.25, 0.3) is 5.91 Å². The van der Waals surface area contributed by atoms with Crippen LogP contribution in [0.3, 0.4) is 0 Å². The minimum absolute atomic E-state index is 0.0428. The van der Waals surface area contributed by atoms with E-state index in [2.05, 4.69) is 0 Å². The fraction of sp³-hybridized carbons (Fsp3) is 0.200. The lowest BCUT2D eigenvalue weighted by Crippen LogP contribution is -2.21. The summed E-state index contributed by atoms with van der Waals surface area (Å²) in [6, 6.07) is 0. The molecule has 1 aliphatic carbocycles. The van der Waals surface area contributed by atoms with Crippen LogP contribution in [0.15, 0.2) is 35.6 Å². The summed E-state index contributed by atoms with van der Waals surface area (Å²) in [5.41, 5.74) is 5.54. The second-order valence-corrected chi connectivity index (χ2v) is 2.87. The Bertz CT molecular complexity index is 328. The molecule has 0 atom stereocenters. The number of amides is 1. The zero-order valence-electron chi connectivity index (χ0n) is 7.86. The fourth-order valence-corrected chi connectivity index (χ4v) is 1.04. The van der Waals surface area contributed by atoms with Gasteiger partial charge in [0.1, 0.15) is 6.10 Å². The molecule has 1 amide bonds. The molecule has 0 saturated heterocycles. The number of rotatable bonds is 4. The maximum absolute atomic E-state index is 11.0. The van der Waals surface area contributed by atoms with Crippen molar-refractivity contribution in [2.75, 3.05) is 0 Å². The Balaban J connectivity index is 2.80. The lowest BCUT2D eigenvalue weighted by molar-refractivity contribution is -0.118. The number of ether oxygens (including phenoxy) is 1. The van der Waals surface area contributed by atoms with Crippen LogP contribution in [0, 0.1) is 5.41 Å². The van der Waals surface area contributed by atoms with E-state index in [1.165, 1.54) is 0 Å². The quantitative estimate of drug-likeness (QED) is 0.394. The van der Waals surface area contributed by atoms with E-state index >= 15 is 0 Å². The number of nitrogens with one attached hydrogen (secondary N) is 1. The molecular weight excluding hydrogens is 180 g/mol. The second kappa shape index (κ2) is 4.41. The topological polar surface area (TPSA) is 76.2 Å². The van der Waals surface area contributed by atoms with E-state index in [1.54, 1.807) is 19.1 Å². The number of hydrogen-bond acceptors (Lipinski definition) is 3. The van der Waals surface area contributed by atoms with E-state index in [0.29, 0.717) is 5.57 Å². The molecule has 0 bridgehead atoms. The zero-order valence-corrected chi connectivity index (χ0v) is 7.86. The molecule has 1 rings (SSSR count). The molecule has 0 spiro atoms. The van der Waals surface area contributed by atoms with Crippen molar-refractivity contribution in [2.45, 2.75) is 13.0 Å². The number of hydrogen-bond donors (Lipinski definition) is 2. The monoisotopic (exact) mass is 192 g/mol. The average Bonchev–Trinajstić information content (AvgIpc) is 2.65. The minimum atomic E-state index is -0.653. The molecule has 4 nitrogen and oxygen atoms in total. The summed E-state index contributed by atoms with van der Waals surface area (Å²) in [4.78, 5) is 11.0. The van der Waals surface area contributed by atoms with Crippen LogP contribution in [0.25, 0.3) is 0 Å². The molecule has 0 aromatic carbocycles. The molecule has 1 aliphatic rings. The Morgan fingerprint density at radius 2 is 2.07 bits per heavy atom. The maximum Gasteiger partial charge on any atom is 0.284 e. The Morgan fingerprint density at radius 1 is 1.50 bits per heavy atom. The first kappa shape index (κ1) is 10.2. The first-order valence-electron chi connectivity index (χ1n) is 4.18. The highest BCUT2D eigenvalue weighted by Gasteiger charge is 2.14. The molecule has 74 valence electrons. The fourth-order valence-electron chi connectivity index (χ4n) is 1.04. The molecule has 0 aromatic rings. The van der Waals surface area contributed by atoms with Crippen molar-refractivity contribution in [3.05, 3.63) is 35.6 Å². The first-order valence-corrected chi connectivity index (χ1v) is 4.18. The third kappa shape index (κ3) is 2.32. The van der Waals surface area contributed by atoms with Crippen LogP contribution in [0.1, 0.15) is 6.92 Å². The van der Waals surface area contributed by atoms with Crippen LogP contribution < -0.4 is 5.73 Å². The van der Waals surface area contributed by atoms with Crippen LogP contribution in [-0.2, 0) is 9.53 Å². The van der Waals surface area contributed by atoms with Gasteiger partial charge in [0, 0.05) is 11.8 Å². The molecule has 0 saturated carbocycles. The molecular formula is C10H12N2O2. The van der Waals surface area contributed by atoms with Crippen LogP contribution in [0.4, 0.5) is 0 Å². The van der Waals surface area contributed by atoms with Crippen LogP contribution in [-0.4, -0.2) is 18.2 Å². The lowest BCUT2D eigenvalue weighted by atomic mass is 10.2. The molecule has 4 heteroatoms. The van der Waals surface area contributed by atoms with E-state index in [-0.39, 0.29) is 11.9 Å². The van der Waals surface area contributed by atoms with Crippen LogP contribution >= 0.6 is 0 Å². The highest BCUT2D eigenvalue weighted by atomic mass is 16.5. The Hall–Kier alpha value is -1.84. The second-order valence-electron chi connectivity index (χ2n) is 2.87. The number of nitrogens with two attached hydrogens (primary N) is 1. The Kier molecular flexibility index (Phi) is 3.23. The standard InChI is InChI=1S/C10H12N2O2/c1-7(6-11)9(10(12)13)14-8-4-2-3-5-8/h2-6,8,11H,1H3,(H2,12,13)/b9-7+,11-6?. The number of carbonyl (C=O) groups excluding carboxylic acids is 1. The van der Waals surface area contributed by atoms with Crippen molar-refractivity contribution in [3.8, 4) is 0 Å². The molecule has 0 unspecified atom stereocenters. The lowest BCUT2D eigenvalue weighted by Gasteiger charge is -2.12. The van der Waals surface area contributed by atoms with E-state index in [9.17, 15) is 4.79 Å². The Morgan fingerprint density at radius 3 is 2.50 bits per heavy atom. The molecule has 0 radical (unpaired) electrons. The normalized spacial score (nSPS) is 16.6. The van der Waals surface area contributed by atoms with Gasteiger partial charge in [-0.05, 0) is 19.1 Å². The van der Waals surface area contributed by atoms with Gasteiger partial charge >= 0.3 is 0 Å². The van der Waals surface area contributed by atoms with Crippen molar-refractivity contribution in [3.63, 3.8) is 0 Å². The maximum atomic E-state index is 11.0. The summed E-state index contributed by atoms with van der Waals surface area (Å²) in [6.45, 7) is 1.61. The van der Waals surface area contributed by atoms with Gasteiger partial charge in [-0.15, -0.1) is 0 Å². The third-order valence-corrected chi connectivity index (χ3v) is 1.77. The number of allylic oxidation sites excluding steroid dienone is 3. The largest absolute Gasteiger partial charge is 0.476 e. The van der Waals surface area contributed by atoms with Crippen molar-refractivity contribution in [1.82, 2.24) is 0 Å². The molecule has 14 heavy (non-hydrogen) atoms. The van der Waals surface area contributed by atoms with E-state index < -0.39 is 5.91 Å². The van der Waals surface area contributed by atoms with Gasteiger partial charge in [-0.1, -0.05) is 12.2 Å². The summed E-state index contributed by atoms with van der Waals surface area (Å²) in [7, 11) is 0. The van der Waals surface area contributed by atoms with Crippen molar-refractivity contribution in [2.24, 2.45) is 5.73 Å². The number of carbonyl (C=O) groups is 1. The minimum Gasteiger partial charge on any atom is -0.476 e. The summed E-state index contributed by atoms with van der Waals surface area (Å²) >= 11 is 0. The summed E-state index contributed by atoms with van der Waals surface area (Å²) < 4.78 is 5.31. The number of primary amides is 1. The van der Waals surface area contributed by atoms with E-state index in [1.807, 2.05) is 12.2 Å². The highest BCUT2D eigenvalue weighted by molar-refractivity contribution is 5.96. The first-order chi connectivity index (χ1) is 6.65. The van der Waals surface area contributed by atoms with Crippen molar-refractivity contribution in [1.29, 1.82) is 5.41 Å². The summed E-state index contributed by atoms with van der Waals surface area (Å²) in [6.07, 6.45) is 8.02. The smallest absolute Gasteiger partial charge is 0.284 e. The SMILES string of the molecule is C/C(C=N)=C(\OC1C=CC=C1)C(N)=O. The van der Waals surface area contributed by atoms with Gasteiger partial charge in [0.2, 0.25) is 0 Å². The Labute approximate surface area is 82.2 Å². The predicted molar refractivity (Wildman–Crippen MR) is 53.8 cm³/mol. The van der Waals surface area contributed by atoms with Gasteiger partial charge in [-0.3, -0.25) is 4.79 Å².